The number of hydrogen-bond acceptors (Lipinski definition) is 3. The van der Waals surface area contributed by atoms with Gasteiger partial charge in [0.15, 0.2) is 0 Å². The van der Waals surface area contributed by atoms with E-state index in [0.717, 1.165) is 29.9 Å². The van der Waals surface area contributed by atoms with Gasteiger partial charge in [0.2, 0.25) is 0 Å². The lowest BCUT2D eigenvalue weighted by Crippen LogP contribution is -2.41. The quantitative estimate of drug-likeness (QED) is 0.0418. The second-order valence-corrected chi connectivity index (χ2v) is 12.3. The molecule has 5 heteroatoms. The van der Waals surface area contributed by atoms with Crippen molar-refractivity contribution in [3.8, 4) is 5.75 Å². The van der Waals surface area contributed by atoms with Gasteiger partial charge >= 0.3 is 0 Å². The van der Waals surface area contributed by atoms with Crippen molar-refractivity contribution >= 4 is 17.8 Å². The fraction of sp³-hybridized carbons (Fsp3) is 0.611. The van der Waals surface area contributed by atoms with E-state index in [4.69, 9.17) is 4.74 Å². The number of nitro groups is 1. The summed E-state index contributed by atoms with van der Waals surface area (Å²) in [7, 11) is 4.83. The third kappa shape index (κ3) is 17.0. The van der Waals surface area contributed by atoms with Crippen molar-refractivity contribution < 1.29 is 14.1 Å². The third-order valence-electron chi connectivity index (χ3n) is 8.00. The Kier molecular flexibility index (Phi) is 17.8. The lowest BCUT2D eigenvalue weighted by molar-refractivity contribution is -0.890. The van der Waals surface area contributed by atoms with Crippen LogP contribution in [0.5, 0.6) is 5.75 Å². The van der Waals surface area contributed by atoms with Crippen LogP contribution in [-0.4, -0.2) is 43.2 Å². The molecule has 0 amide bonds. The number of benzene rings is 2. The maximum atomic E-state index is 10.8. The molecule has 0 unspecified atom stereocenters. The molecule has 0 atom stereocenters. The predicted octanol–water partition coefficient (Wildman–Crippen LogP) is 10.5. The summed E-state index contributed by atoms with van der Waals surface area (Å²) in [5.41, 5.74) is 2.11. The molecule has 0 spiro atoms. The van der Waals surface area contributed by atoms with Crippen LogP contribution in [0.2, 0.25) is 0 Å². The Balaban J connectivity index is 1.41. The summed E-state index contributed by atoms with van der Waals surface area (Å²) in [6.07, 6.45) is 25.7. The predicted molar refractivity (Wildman–Crippen MR) is 175 cm³/mol. The van der Waals surface area contributed by atoms with Crippen molar-refractivity contribution in [1.29, 1.82) is 0 Å². The first-order chi connectivity index (χ1) is 19.9. The molecule has 41 heavy (non-hydrogen) atoms. The maximum Gasteiger partial charge on any atom is 0.269 e. The molecule has 0 saturated heterocycles. The Morgan fingerprint density at radius 1 is 0.634 bits per heavy atom. The highest BCUT2D eigenvalue weighted by atomic mass is 16.6. The van der Waals surface area contributed by atoms with Crippen molar-refractivity contribution in [2.24, 2.45) is 0 Å². The first kappa shape index (κ1) is 34.5. The van der Waals surface area contributed by atoms with Crippen LogP contribution in [-0.2, 0) is 0 Å². The number of unbranched alkanes of at least 4 members (excludes halogenated alkanes) is 14. The number of rotatable bonds is 24. The normalized spacial score (nSPS) is 11.8. The number of hydrogen-bond donors (Lipinski definition) is 0. The van der Waals surface area contributed by atoms with Gasteiger partial charge in [0.05, 0.1) is 38.7 Å². The molecule has 0 saturated carbocycles. The SMILES string of the molecule is CCCCCCCC[N+](C)(C)CCCCCCCCCCCCOc1ccc(/C=C/c2ccc([N+](=O)[O-])cc2)cc1. The zero-order valence-electron chi connectivity index (χ0n) is 26.3. The van der Waals surface area contributed by atoms with Crippen LogP contribution in [0, 0.1) is 10.1 Å². The van der Waals surface area contributed by atoms with Crippen LogP contribution in [0.3, 0.4) is 0 Å². The fourth-order valence-corrected chi connectivity index (χ4v) is 5.25. The maximum absolute atomic E-state index is 10.8. The highest BCUT2D eigenvalue weighted by Gasteiger charge is 2.13. The van der Waals surface area contributed by atoms with E-state index >= 15 is 0 Å². The van der Waals surface area contributed by atoms with E-state index in [-0.39, 0.29) is 10.6 Å². The summed E-state index contributed by atoms with van der Waals surface area (Å²) in [5, 5.41) is 10.8. The van der Waals surface area contributed by atoms with Gasteiger partial charge < -0.3 is 9.22 Å². The molecule has 0 radical (unpaired) electrons. The number of quaternary nitrogens is 1. The highest BCUT2D eigenvalue weighted by Crippen LogP contribution is 2.18. The van der Waals surface area contributed by atoms with E-state index in [1.165, 1.54) is 126 Å². The van der Waals surface area contributed by atoms with E-state index in [1.54, 1.807) is 12.1 Å². The molecule has 0 aromatic heterocycles. The molecule has 0 aliphatic heterocycles. The zero-order valence-corrected chi connectivity index (χ0v) is 26.3. The van der Waals surface area contributed by atoms with E-state index in [0.29, 0.717) is 0 Å². The van der Waals surface area contributed by atoms with Crippen molar-refractivity contribution in [3.63, 3.8) is 0 Å². The third-order valence-corrected chi connectivity index (χ3v) is 8.00. The minimum Gasteiger partial charge on any atom is -0.494 e. The van der Waals surface area contributed by atoms with Gasteiger partial charge in [-0.05, 0) is 67.5 Å². The van der Waals surface area contributed by atoms with Crippen LogP contribution in [0.25, 0.3) is 12.2 Å². The molecule has 0 bridgehead atoms. The van der Waals surface area contributed by atoms with Gasteiger partial charge in [-0.25, -0.2) is 0 Å². The van der Waals surface area contributed by atoms with E-state index in [9.17, 15) is 10.1 Å². The average Bonchev–Trinajstić information content (AvgIpc) is 2.97. The van der Waals surface area contributed by atoms with Gasteiger partial charge in [-0.15, -0.1) is 0 Å². The fourth-order valence-electron chi connectivity index (χ4n) is 5.25. The molecule has 0 fully saturated rings. The summed E-state index contributed by atoms with van der Waals surface area (Å²) in [6, 6.07) is 14.6. The van der Waals surface area contributed by atoms with Crippen LogP contribution >= 0.6 is 0 Å². The number of nitro benzene ring substituents is 1. The van der Waals surface area contributed by atoms with Gasteiger partial charge in [-0.1, -0.05) is 102 Å². The summed E-state index contributed by atoms with van der Waals surface area (Å²) in [6.45, 7) is 5.74. The topological polar surface area (TPSA) is 52.4 Å². The van der Waals surface area contributed by atoms with Gasteiger partial charge in [0.25, 0.3) is 5.69 Å². The molecule has 0 N–H and O–H groups in total. The average molecular weight is 566 g/mol. The van der Waals surface area contributed by atoms with E-state index in [1.807, 2.05) is 36.4 Å². The zero-order chi connectivity index (χ0) is 29.6. The molecule has 2 aromatic rings. The standard InChI is InChI=1S/C36H57N2O3/c1-4-5-6-7-14-17-30-38(2,3)31-18-15-12-10-8-9-11-13-16-19-32-41-36-28-24-34(25-29-36)21-20-33-22-26-35(27-23-33)37(39)40/h20-29H,4-19,30-32H2,1-3H3/q+1/b21-20+. The molecule has 0 aliphatic carbocycles. The lowest BCUT2D eigenvalue weighted by Gasteiger charge is -2.30. The van der Waals surface area contributed by atoms with Crippen LogP contribution in [0.15, 0.2) is 48.5 Å². The summed E-state index contributed by atoms with van der Waals surface area (Å²) >= 11 is 0. The van der Waals surface area contributed by atoms with E-state index in [2.05, 4.69) is 21.0 Å². The molecular formula is C36H57N2O3+. The molecule has 2 rings (SSSR count). The van der Waals surface area contributed by atoms with Crippen molar-refractivity contribution in [2.75, 3.05) is 33.8 Å². The summed E-state index contributed by atoms with van der Waals surface area (Å²) in [4.78, 5) is 10.4. The Morgan fingerprint density at radius 3 is 1.51 bits per heavy atom. The van der Waals surface area contributed by atoms with Gasteiger partial charge in [0, 0.05) is 12.1 Å². The first-order valence-corrected chi connectivity index (χ1v) is 16.4. The van der Waals surface area contributed by atoms with Crippen LogP contribution < -0.4 is 4.74 Å². The molecule has 5 nitrogen and oxygen atoms in total. The second kappa shape index (κ2) is 21.1. The van der Waals surface area contributed by atoms with Crippen molar-refractivity contribution in [1.82, 2.24) is 0 Å². The molecule has 2 aromatic carbocycles. The Hall–Kier alpha value is -2.66. The summed E-state index contributed by atoms with van der Waals surface area (Å²) < 4.78 is 7.12. The lowest BCUT2D eigenvalue weighted by atomic mass is 10.1. The van der Waals surface area contributed by atoms with Crippen LogP contribution in [0.4, 0.5) is 5.69 Å². The summed E-state index contributed by atoms with van der Waals surface area (Å²) in [5.74, 6) is 0.905. The number of ether oxygens (including phenoxy) is 1. The second-order valence-electron chi connectivity index (χ2n) is 12.3. The molecule has 0 heterocycles. The Labute approximate surface area is 250 Å². The monoisotopic (exact) mass is 565 g/mol. The minimum absolute atomic E-state index is 0.109. The van der Waals surface area contributed by atoms with Crippen LogP contribution in [0.1, 0.15) is 121 Å². The molecule has 0 aliphatic rings. The van der Waals surface area contributed by atoms with Crippen molar-refractivity contribution in [3.05, 3.63) is 69.8 Å². The number of nitrogens with zero attached hydrogens (tertiary/aromatic N) is 2. The Bertz CT molecular complexity index is 967. The first-order valence-electron chi connectivity index (χ1n) is 16.4. The highest BCUT2D eigenvalue weighted by molar-refractivity contribution is 5.70. The smallest absolute Gasteiger partial charge is 0.269 e. The van der Waals surface area contributed by atoms with Gasteiger partial charge in [-0.3, -0.25) is 10.1 Å². The molecule has 228 valence electrons. The largest absolute Gasteiger partial charge is 0.494 e. The minimum atomic E-state index is -0.381. The van der Waals surface area contributed by atoms with Crippen molar-refractivity contribution in [2.45, 2.75) is 110 Å². The Morgan fingerprint density at radius 2 is 1.05 bits per heavy atom. The van der Waals surface area contributed by atoms with E-state index < -0.39 is 0 Å². The van der Waals surface area contributed by atoms with Gasteiger partial charge in [0.1, 0.15) is 5.75 Å². The van der Waals surface area contributed by atoms with Gasteiger partial charge in [-0.2, -0.15) is 0 Å². The number of non-ortho nitro benzene ring substituents is 1. The molecular weight excluding hydrogens is 508 g/mol.